The number of benzene rings is 4. The average molecular weight is 1550 g/mol. The Bertz CT molecular complexity index is 5770. The number of anilines is 8. The zero-order valence-electron chi connectivity index (χ0n) is 65.4. The highest BCUT2D eigenvalue weighted by Gasteiger charge is 2.36. The number of rotatable bonds is 17. The van der Waals surface area contributed by atoms with Gasteiger partial charge in [0, 0.05) is 58.4 Å². The number of carbonyl (C=O) groups is 4. The van der Waals surface area contributed by atoms with Crippen LogP contribution in [0.15, 0.2) is 87.7 Å². The number of carboxylic acids is 4. The molecule has 596 valence electrons. The first kappa shape index (κ1) is 80.1. The van der Waals surface area contributed by atoms with Gasteiger partial charge in [-0.1, -0.05) is 26.3 Å². The number of H-pyrrole nitrogens is 4. The minimum Gasteiger partial charge on any atom is -0.481 e. The van der Waals surface area contributed by atoms with E-state index in [2.05, 4.69) is 115 Å². The number of hydrogen-bond acceptors (Lipinski definition) is 24. The van der Waals surface area contributed by atoms with E-state index in [1.165, 1.54) is 0 Å². The van der Waals surface area contributed by atoms with Crippen molar-refractivity contribution in [3.63, 3.8) is 0 Å². The number of fused-ring (bicyclic) bond motifs is 8. The summed E-state index contributed by atoms with van der Waals surface area (Å²) in [5, 5.41) is 41.8. The van der Waals surface area contributed by atoms with E-state index in [1.807, 2.05) is 114 Å². The molecule has 32 nitrogen and oxygen atoms in total. The molecule has 0 spiro atoms. The van der Waals surface area contributed by atoms with Crippen LogP contribution in [0.25, 0.3) is 26.3 Å². The van der Waals surface area contributed by atoms with E-state index in [9.17, 15) is 58.8 Å². The number of aryl methyl sites for hydroxylation is 8. The lowest BCUT2D eigenvalue weighted by Gasteiger charge is -2.34. The molecule has 32 heteroatoms. The number of likely N-dealkylation sites (tertiary alicyclic amines) is 3. The molecule has 0 unspecified atom stereocenters. The number of hydrogen-bond donors (Lipinski definition) is 9. The third-order valence-electron chi connectivity index (χ3n) is 22.8. The molecule has 16 rings (SSSR count). The largest absolute Gasteiger partial charge is 0.481 e. The Labute approximate surface area is 654 Å². The van der Waals surface area contributed by atoms with Gasteiger partial charge in [0.15, 0.2) is 44.7 Å². The lowest BCUT2D eigenvalue weighted by molar-refractivity contribution is -0.144. The van der Waals surface area contributed by atoms with Gasteiger partial charge in [-0.15, -0.1) is 0 Å². The Morgan fingerprint density at radius 3 is 1.00 bits per heavy atom. The highest BCUT2D eigenvalue weighted by Crippen LogP contribution is 2.41. The zero-order chi connectivity index (χ0) is 81.4. The van der Waals surface area contributed by atoms with Crippen LogP contribution in [-0.2, 0) is 19.2 Å². The minimum atomic E-state index is -0.784. The molecule has 3 saturated heterocycles. The van der Waals surface area contributed by atoms with Crippen LogP contribution in [0.2, 0.25) is 0 Å². The van der Waals surface area contributed by atoms with Crippen molar-refractivity contribution in [2.75, 3.05) is 98.1 Å². The van der Waals surface area contributed by atoms with Gasteiger partial charge < -0.3 is 70.2 Å². The van der Waals surface area contributed by atoms with Crippen molar-refractivity contribution in [3.8, 4) is 0 Å². The van der Waals surface area contributed by atoms with Crippen molar-refractivity contribution < 1.29 is 39.6 Å². The summed E-state index contributed by atoms with van der Waals surface area (Å²) in [6.07, 6.45) is 6.62. The Balaban J connectivity index is 0.000000133. The van der Waals surface area contributed by atoms with Gasteiger partial charge in [0.25, 0.3) is 22.2 Å². The number of aromatic nitrogens is 8. The second-order valence-electron chi connectivity index (χ2n) is 30.5. The van der Waals surface area contributed by atoms with Gasteiger partial charge in [0.1, 0.15) is 34.0 Å². The van der Waals surface area contributed by atoms with Crippen molar-refractivity contribution in [2.45, 2.75) is 131 Å². The fraction of sp³-hybridized carbons (Fsp3) is 0.415. The third-order valence-corrected chi connectivity index (χ3v) is 22.8. The Hall–Kier alpha value is -12.0. The first-order chi connectivity index (χ1) is 54.4. The predicted molar refractivity (Wildman–Crippen MR) is 433 cm³/mol. The van der Waals surface area contributed by atoms with Crippen molar-refractivity contribution in [1.82, 2.24) is 59.9 Å². The van der Waals surface area contributed by atoms with Crippen LogP contribution in [0.1, 0.15) is 102 Å². The summed E-state index contributed by atoms with van der Waals surface area (Å²) in [5.74, 6) is -1.54. The van der Waals surface area contributed by atoms with Crippen molar-refractivity contribution >= 4 is 119 Å². The molecule has 4 aromatic heterocycles. The molecule has 4 fully saturated rings. The molecule has 9 N–H and O–H groups in total. The zero-order valence-corrected chi connectivity index (χ0v) is 65.4. The van der Waals surface area contributed by atoms with Crippen molar-refractivity contribution in [1.29, 1.82) is 0 Å². The molecule has 4 aromatic carbocycles. The number of nitrogens with zero attached hydrogens (tertiary/aromatic N) is 15. The second-order valence-corrected chi connectivity index (χ2v) is 30.5. The Kier molecular flexibility index (Phi) is 23.4. The van der Waals surface area contributed by atoms with Gasteiger partial charge in [-0.05, 0) is 232 Å². The van der Waals surface area contributed by atoms with Gasteiger partial charge in [-0.2, -0.15) is 0 Å². The summed E-state index contributed by atoms with van der Waals surface area (Å²) < 4.78 is 0. The van der Waals surface area contributed by atoms with Crippen molar-refractivity contribution in [3.05, 3.63) is 178 Å². The molecule has 7 aliphatic heterocycles. The van der Waals surface area contributed by atoms with E-state index in [-0.39, 0.29) is 61.8 Å². The number of carboxylic acid groups (broad SMARTS) is 4. The van der Waals surface area contributed by atoms with Crippen LogP contribution in [0, 0.1) is 67.2 Å². The minimum absolute atomic E-state index is 0.194. The quantitative estimate of drug-likeness (QED) is 0.0629. The molecular weight excluding hydrogens is 1460 g/mol. The van der Waals surface area contributed by atoms with E-state index in [0.717, 1.165) is 142 Å². The van der Waals surface area contributed by atoms with E-state index < -0.39 is 36.0 Å². The molecular formula is C82H96N20O12. The molecule has 11 heterocycles. The first-order valence-corrected chi connectivity index (χ1v) is 38.5. The highest BCUT2D eigenvalue weighted by atomic mass is 16.4. The number of aliphatic carboxylic acids is 4. The average Bonchev–Trinajstić information content (AvgIpc) is 0.857. The molecule has 1 saturated carbocycles. The van der Waals surface area contributed by atoms with Gasteiger partial charge in [-0.3, -0.25) is 48.2 Å². The fourth-order valence-electron chi connectivity index (χ4n) is 16.0. The van der Waals surface area contributed by atoms with E-state index >= 15 is 0 Å². The smallest absolute Gasteiger partial charge is 0.320 e. The van der Waals surface area contributed by atoms with E-state index in [0.29, 0.717) is 129 Å². The van der Waals surface area contributed by atoms with Crippen LogP contribution in [0.4, 0.5) is 68.8 Å². The van der Waals surface area contributed by atoms with Crippen LogP contribution in [0.3, 0.4) is 0 Å². The molecule has 0 bridgehead atoms. The Morgan fingerprint density at radius 1 is 0.386 bits per heavy atom. The normalized spacial score (nSPS) is 18.5. The highest BCUT2D eigenvalue weighted by molar-refractivity contribution is 5.81. The molecule has 1 aliphatic carbocycles. The summed E-state index contributed by atoms with van der Waals surface area (Å²) in [4.78, 5) is 156. The SMILES string of the molecule is C=c1nc2c(c(=O)[nH]1)=Nc1cc(C)c(C)cc1N2CCN1CCC(C(=O)O)CC1.C=c1nc2c(c(=O)[nH]1)=Nc1cc(C)c(C)cc1N2CCN1CCC[C@@H]1C(=O)O.C=c1nc2c(c(=O)[nH]1)=Nc1cc(C)c(C)cc1N2CCN1CCC[C@H]1C(=O)O.C=c1nc2c(c(=O)[nH]1)=Nc1cc(C)c(C)cc1N2CCN[C@H]1CC[C@@H](C(=O)O)C1. The molecule has 8 aromatic rings. The van der Waals surface area contributed by atoms with Crippen LogP contribution in [-0.4, -0.2) is 196 Å². The van der Waals surface area contributed by atoms with Gasteiger partial charge in [0.2, 0.25) is 0 Å². The monoisotopic (exact) mass is 1550 g/mol. The second kappa shape index (κ2) is 33.4. The van der Waals surface area contributed by atoms with E-state index in [4.69, 9.17) is 0 Å². The predicted octanol–water partition coefficient (Wildman–Crippen LogP) is 3.54. The molecule has 0 radical (unpaired) electrons. The summed E-state index contributed by atoms with van der Waals surface area (Å²) in [7, 11) is 0. The maximum absolute atomic E-state index is 12.5. The Morgan fingerprint density at radius 2 is 0.693 bits per heavy atom. The summed E-state index contributed by atoms with van der Waals surface area (Å²) >= 11 is 0. The number of nitrogens with one attached hydrogen (secondary N) is 5. The fourth-order valence-corrected chi connectivity index (χ4v) is 16.0. The number of aromatic amines is 4. The maximum atomic E-state index is 12.5. The van der Waals surface area contributed by atoms with Crippen LogP contribution < -0.4 is 90.5 Å². The lowest BCUT2D eigenvalue weighted by atomic mass is 9.97. The molecule has 0 amide bonds. The van der Waals surface area contributed by atoms with E-state index in [1.54, 1.807) is 0 Å². The van der Waals surface area contributed by atoms with Crippen molar-refractivity contribution in [2.24, 2.45) is 31.8 Å². The topological polar surface area (TPSA) is 416 Å². The van der Waals surface area contributed by atoms with Crippen LogP contribution in [0.5, 0.6) is 0 Å². The summed E-state index contributed by atoms with van der Waals surface area (Å²) in [6, 6.07) is 15.4. The number of piperidine rings is 1. The summed E-state index contributed by atoms with van der Waals surface area (Å²) in [6.45, 7) is 39.1. The third kappa shape index (κ3) is 17.0. The van der Waals surface area contributed by atoms with Gasteiger partial charge >= 0.3 is 23.9 Å². The standard InChI is InChI=1S/2C21H25N5O3.2C20H23N5O3/c1-12-10-16-17(11-13(12)2)26(19-18(24-16)20(27)23-14(3)22-19)9-8-25-6-4-15(5-7-25)21(28)29;1-11-8-16-17(9-12(11)2)26(19-18(25-16)20(27)24-13(3)23-19)7-6-22-15-5-4-14(10-15)21(28)29;2*1-11-9-14-16(10-12(11)2)25(8-7-24-6-4-5-15(24)20(27)28)18-17(23-14)19(26)22-13(3)21-18/h10-11,15H,3-9H2,1-2H3,(H,23,27)(H,28,29);8-9,14-15,22H,3-7,10H2,1-2H3,(H,24,27)(H,28,29);2*9-10,15H,3-8H2,1-2H3,(H,22,26)(H,27,28)/t;14-,15+;2*15-/m.110/s1. The summed E-state index contributed by atoms with van der Waals surface area (Å²) in [5.41, 5.74) is 15.4. The van der Waals surface area contributed by atoms with Gasteiger partial charge in [-0.25, -0.2) is 39.9 Å². The maximum Gasteiger partial charge on any atom is 0.320 e. The van der Waals surface area contributed by atoms with Crippen LogP contribution >= 0.6 is 0 Å². The lowest BCUT2D eigenvalue weighted by Crippen LogP contribution is -2.45. The molecule has 8 aliphatic rings. The molecule has 4 atom stereocenters. The first-order valence-electron chi connectivity index (χ1n) is 38.5. The van der Waals surface area contributed by atoms with Gasteiger partial charge in [0.05, 0.1) is 57.3 Å². The molecule has 114 heavy (non-hydrogen) atoms.